The Balaban J connectivity index is 2.39. The van der Waals surface area contributed by atoms with Crippen LogP contribution in [0, 0.1) is 11.6 Å². The molecule has 1 aromatic rings. The third kappa shape index (κ3) is 1.78. The number of carboxylic acid groups (broad SMARTS) is 1. The van der Waals surface area contributed by atoms with E-state index in [-0.39, 0.29) is 25.2 Å². The Hall–Kier alpha value is -1.49. The summed E-state index contributed by atoms with van der Waals surface area (Å²) in [6.45, 7) is 0.222. The van der Waals surface area contributed by atoms with Gasteiger partial charge in [0.25, 0.3) is 0 Å². The Morgan fingerprint density at radius 2 is 2.12 bits per heavy atom. The maximum Gasteiger partial charge on any atom is 0.304 e. The summed E-state index contributed by atoms with van der Waals surface area (Å²) in [4.78, 5) is 10.7. The fourth-order valence-electron chi connectivity index (χ4n) is 1.89. The van der Waals surface area contributed by atoms with Gasteiger partial charge in [0.05, 0.1) is 25.0 Å². The molecule has 0 bridgehead atoms. The molecule has 1 aliphatic heterocycles. The highest BCUT2D eigenvalue weighted by molar-refractivity contribution is 5.69. The number of carbonyl (C=O) groups is 1. The van der Waals surface area contributed by atoms with Crippen molar-refractivity contribution in [3.63, 3.8) is 0 Å². The first-order valence-electron chi connectivity index (χ1n) is 4.79. The highest BCUT2D eigenvalue weighted by Gasteiger charge is 2.44. The third-order valence-corrected chi connectivity index (χ3v) is 2.75. The zero-order valence-corrected chi connectivity index (χ0v) is 8.37. The number of ether oxygens (including phenoxy) is 1. The number of hydrogen-bond acceptors (Lipinski definition) is 2. The van der Waals surface area contributed by atoms with Crippen LogP contribution in [0.25, 0.3) is 0 Å². The second-order valence-corrected chi connectivity index (χ2v) is 3.97. The summed E-state index contributed by atoms with van der Waals surface area (Å²) < 4.78 is 31.5. The minimum absolute atomic E-state index is 0.0844. The Labute approximate surface area is 90.7 Å². The van der Waals surface area contributed by atoms with Gasteiger partial charge in [-0.25, -0.2) is 8.78 Å². The molecule has 0 aliphatic carbocycles. The van der Waals surface area contributed by atoms with Crippen LogP contribution >= 0.6 is 0 Å². The smallest absolute Gasteiger partial charge is 0.304 e. The fraction of sp³-hybridized carbons (Fsp3) is 0.364. The van der Waals surface area contributed by atoms with Crippen molar-refractivity contribution >= 4 is 5.97 Å². The van der Waals surface area contributed by atoms with Gasteiger partial charge in [-0.2, -0.15) is 0 Å². The van der Waals surface area contributed by atoms with E-state index in [1.54, 1.807) is 0 Å². The zero-order valence-electron chi connectivity index (χ0n) is 8.37. The van der Waals surface area contributed by atoms with Crippen LogP contribution in [-0.4, -0.2) is 24.3 Å². The van der Waals surface area contributed by atoms with Crippen LogP contribution in [0.3, 0.4) is 0 Å². The average molecular weight is 228 g/mol. The second-order valence-electron chi connectivity index (χ2n) is 3.97. The molecule has 0 amide bonds. The van der Waals surface area contributed by atoms with Crippen LogP contribution in [0.4, 0.5) is 8.78 Å². The van der Waals surface area contributed by atoms with E-state index >= 15 is 0 Å². The number of aliphatic carboxylic acids is 1. The number of hydrogen-bond donors (Lipinski definition) is 1. The maximum absolute atomic E-state index is 13.5. The van der Waals surface area contributed by atoms with Gasteiger partial charge < -0.3 is 9.84 Å². The molecular weight excluding hydrogens is 218 g/mol. The first kappa shape index (κ1) is 11.0. The summed E-state index contributed by atoms with van der Waals surface area (Å²) in [6, 6.07) is 3.06. The summed E-state index contributed by atoms with van der Waals surface area (Å²) in [5.74, 6) is -2.22. The highest BCUT2D eigenvalue weighted by atomic mass is 19.1. The molecule has 1 N–H and O–H groups in total. The monoisotopic (exact) mass is 228 g/mol. The lowest BCUT2D eigenvalue weighted by Gasteiger charge is -2.40. The van der Waals surface area contributed by atoms with Crippen LogP contribution in [0.15, 0.2) is 18.2 Å². The molecule has 0 unspecified atom stereocenters. The Kier molecular flexibility index (Phi) is 2.63. The lowest BCUT2D eigenvalue weighted by Crippen LogP contribution is -2.48. The minimum Gasteiger partial charge on any atom is -0.481 e. The van der Waals surface area contributed by atoms with Crippen molar-refractivity contribution in [2.45, 2.75) is 11.8 Å². The van der Waals surface area contributed by atoms with Crippen molar-refractivity contribution in [1.29, 1.82) is 0 Å². The number of carboxylic acids is 1. The predicted octanol–water partition coefficient (Wildman–Crippen LogP) is 1.71. The van der Waals surface area contributed by atoms with E-state index in [4.69, 9.17) is 9.84 Å². The van der Waals surface area contributed by atoms with Crippen molar-refractivity contribution in [2.24, 2.45) is 0 Å². The molecular formula is C11H10F2O3. The van der Waals surface area contributed by atoms with Crippen LogP contribution in [0.5, 0.6) is 0 Å². The number of halogens is 2. The van der Waals surface area contributed by atoms with E-state index in [9.17, 15) is 13.6 Å². The summed E-state index contributed by atoms with van der Waals surface area (Å²) >= 11 is 0. The van der Waals surface area contributed by atoms with E-state index in [1.165, 1.54) is 0 Å². The molecule has 1 saturated heterocycles. The molecule has 86 valence electrons. The van der Waals surface area contributed by atoms with Crippen LogP contribution in [0.2, 0.25) is 0 Å². The highest BCUT2D eigenvalue weighted by Crippen LogP contribution is 2.37. The van der Waals surface area contributed by atoms with Crippen LogP contribution in [-0.2, 0) is 14.9 Å². The van der Waals surface area contributed by atoms with Gasteiger partial charge in [-0.3, -0.25) is 4.79 Å². The average Bonchev–Trinajstić information content (AvgIpc) is 2.15. The van der Waals surface area contributed by atoms with Crippen LogP contribution < -0.4 is 0 Å². The topological polar surface area (TPSA) is 46.5 Å². The lowest BCUT2D eigenvalue weighted by molar-refractivity contribution is -0.145. The molecule has 1 heterocycles. The molecule has 3 nitrogen and oxygen atoms in total. The van der Waals surface area contributed by atoms with Gasteiger partial charge in [0.2, 0.25) is 0 Å². The van der Waals surface area contributed by atoms with E-state index < -0.39 is 23.0 Å². The fourth-order valence-corrected chi connectivity index (χ4v) is 1.89. The molecule has 0 radical (unpaired) electrons. The van der Waals surface area contributed by atoms with Gasteiger partial charge in [0.1, 0.15) is 11.6 Å². The number of rotatable bonds is 3. The van der Waals surface area contributed by atoms with Gasteiger partial charge in [-0.15, -0.1) is 0 Å². The molecule has 0 spiro atoms. The first-order chi connectivity index (χ1) is 7.53. The molecule has 0 atom stereocenters. The summed E-state index contributed by atoms with van der Waals surface area (Å²) in [5.41, 5.74) is -0.834. The SMILES string of the molecule is O=C(O)CC1(c2cc(F)ccc2F)COC1. The van der Waals surface area contributed by atoms with Gasteiger partial charge in [-0.05, 0) is 18.2 Å². The Bertz CT molecular complexity index is 427. The standard InChI is InChI=1S/C11H10F2O3/c12-7-1-2-9(13)8(3-7)11(4-10(14)15)5-16-6-11/h1-3H,4-6H2,(H,14,15). The summed E-state index contributed by atoms with van der Waals surface area (Å²) in [5, 5.41) is 8.76. The number of benzene rings is 1. The largest absolute Gasteiger partial charge is 0.481 e. The lowest BCUT2D eigenvalue weighted by atomic mass is 9.75. The molecule has 0 aromatic heterocycles. The normalized spacial score (nSPS) is 17.9. The van der Waals surface area contributed by atoms with Crippen molar-refractivity contribution in [3.05, 3.63) is 35.4 Å². The van der Waals surface area contributed by atoms with Crippen molar-refractivity contribution in [1.82, 2.24) is 0 Å². The van der Waals surface area contributed by atoms with Crippen LogP contribution in [0.1, 0.15) is 12.0 Å². The molecule has 16 heavy (non-hydrogen) atoms. The summed E-state index contributed by atoms with van der Waals surface area (Å²) in [7, 11) is 0. The Morgan fingerprint density at radius 3 is 2.62 bits per heavy atom. The minimum atomic E-state index is -1.05. The third-order valence-electron chi connectivity index (χ3n) is 2.75. The van der Waals surface area contributed by atoms with Crippen molar-refractivity contribution < 1.29 is 23.4 Å². The zero-order chi connectivity index (χ0) is 11.8. The van der Waals surface area contributed by atoms with E-state index in [0.717, 1.165) is 18.2 Å². The van der Waals surface area contributed by atoms with Crippen molar-refractivity contribution in [2.75, 3.05) is 13.2 Å². The predicted molar refractivity (Wildman–Crippen MR) is 51.1 cm³/mol. The van der Waals surface area contributed by atoms with Gasteiger partial charge >= 0.3 is 5.97 Å². The Morgan fingerprint density at radius 1 is 1.44 bits per heavy atom. The van der Waals surface area contributed by atoms with Gasteiger partial charge in [0, 0.05) is 5.56 Å². The van der Waals surface area contributed by atoms with E-state index in [1.807, 2.05) is 0 Å². The molecule has 5 heteroatoms. The summed E-state index contributed by atoms with van der Waals surface area (Å²) in [6.07, 6.45) is -0.257. The van der Waals surface area contributed by atoms with E-state index in [2.05, 4.69) is 0 Å². The first-order valence-corrected chi connectivity index (χ1v) is 4.79. The van der Waals surface area contributed by atoms with E-state index in [0.29, 0.717) is 0 Å². The maximum atomic E-state index is 13.5. The molecule has 1 aliphatic rings. The molecule has 1 fully saturated rings. The molecule has 2 rings (SSSR count). The van der Waals surface area contributed by atoms with Gasteiger partial charge in [-0.1, -0.05) is 0 Å². The second kappa shape index (κ2) is 3.83. The van der Waals surface area contributed by atoms with Crippen molar-refractivity contribution in [3.8, 4) is 0 Å². The van der Waals surface area contributed by atoms with Gasteiger partial charge in [0.15, 0.2) is 0 Å². The molecule has 1 aromatic carbocycles. The molecule has 0 saturated carbocycles. The quantitative estimate of drug-likeness (QED) is 0.856.